The molecular weight excluding hydrogens is 444 g/mol. The minimum Gasteiger partial charge on any atom is -0.387 e. The Bertz CT molecular complexity index is 986. The summed E-state index contributed by atoms with van der Waals surface area (Å²) in [6, 6.07) is 15.7. The summed E-state index contributed by atoms with van der Waals surface area (Å²) in [6.07, 6.45) is -3.43. The average molecular weight is 473 g/mol. The molecule has 9 heteroatoms. The highest BCUT2D eigenvalue weighted by Crippen LogP contribution is 2.33. The SMILES string of the molecule is CO[C@@H](C(=O)N[C@H]1CSc2ccccc2N(C)C1=O)[C@H](O)[C@@H](O)[C@H](O)/C=C/c1ccccc1. The van der Waals surface area contributed by atoms with E-state index in [1.165, 1.54) is 29.8 Å². The van der Waals surface area contributed by atoms with Crippen LogP contribution in [0, 0.1) is 0 Å². The summed E-state index contributed by atoms with van der Waals surface area (Å²) in [5.41, 5.74) is 1.55. The summed E-state index contributed by atoms with van der Waals surface area (Å²) in [5.74, 6) is -0.776. The van der Waals surface area contributed by atoms with Crippen molar-refractivity contribution in [2.24, 2.45) is 0 Å². The summed E-state index contributed by atoms with van der Waals surface area (Å²) >= 11 is 1.43. The molecule has 1 heterocycles. The first-order valence-electron chi connectivity index (χ1n) is 10.4. The van der Waals surface area contributed by atoms with Crippen molar-refractivity contribution in [3.63, 3.8) is 0 Å². The molecule has 0 spiro atoms. The van der Waals surface area contributed by atoms with Gasteiger partial charge in [-0.05, 0) is 17.7 Å². The van der Waals surface area contributed by atoms with Gasteiger partial charge in [-0.25, -0.2) is 0 Å². The van der Waals surface area contributed by atoms with E-state index in [0.29, 0.717) is 5.75 Å². The number of nitrogens with zero attached hydrogens (tertiary/aromatic N) is 1. The lowest BCUT2D eigenvalue weighted by Gasteiger charge is -2.28. The van der Waals surface area contributed by atoms with Crippen LogP contribution in [0.3, 0.4) is 0 Å². The van der Waals surface area contributed by atoms with Crippen LogP contribution in [0.25, 0.3) is 6.08 Å². The van der Waals surface area contributed by atoms with Crippen LogP contribution in [0.1, 0.15) is 5.56 Å². The average Bonchev–Trinajstić information content (AvgIpc) is 2.95. The summed E-state index contributed by atoms with van der Waals surface area (Å²) < 4.78 is 5.12. The third-order valence-corrected chi connectivity index (χ3v) is 6.54. The topological polar surface area (TPSA) is 119 Å². The van der Waals surface area contributed by atoms with Gasteiger partial charge in [0.2, 0.25) is 5.91 Å². The fourth-order valence-electron chi connectivity index (χ4n) is 3.48. The van der Waals surface area contributed by atoms with Crippen LogP contribution in [-0.2, 0) is 14.3 Å². The molecule has 176 valence electrons. The Morgan fingerprint density at radius 3 is 2.48 bits per heavy atom. The zero-order valence-corrected chi connectivity index (χ0v) is 19.2. The Balaban J connectivity index is 1.65. The molecular formula is C24H28N2O6S. The van der Waals surface area contributed by atoms with Crippen LogP contribution in [0.2, 0.25) is 0 Å². The molecule has 2 aromatic carbocycles. The van der Waals surface area contributed by atoms with Crippen LogP contribution in [0.5, 0.6) is 0 Å². The van der Waals surface area contributed by atoms with Gasteiger partial charge in [0.15, 0.2) is 6.10 Å². The lowest BCUT2D eigenvalue weighted by atomic mass is 10.0. The third-order valence-electron chi connectivity index (χ3n) is 5.39. The molecule has 8 nitrogen and oxygen atoms in total. The number of nitrogens with one attached hydrogen (secondary N) is 1. The summed E-state index contributed by atoms with van der Waals surface area (Å²) in [4.78, 5) is 28.1. The van der Waals surface area contributed by atoms with Gasteiger partial charge in [0.25, 0.3) is 5.91 Å². The van der Waals surface area contributed by atoms with Crippen LogP contribution >= 0.6 is 11.8 Å². The van der Waals surface area contributed by atoms with Crippen LogP contribution < -0.4 is 10.2 Å². The number of fused-ring (bicyclic) bond motifs is 1. The first kappa shape index (κ1) is 24.9. The zero-order chi connectivity index (χ0) is 24.0. The maximum absolute atomic E-state index is 12.9. The summed E-state index contributed by atoms with van der Waals surface area (Å²) in [6.45, 7) is 0. The molecule has 0 aliphatic carbocycles. The van der Waals surface area contributed by atoms with Gasteiger partial charge in [0.1, 0.15) is 24.4 Å². The van der Waals surface area contributed by atoms with Crippen LogP contribution in [0.15, 0.2) is 65.6 Å². The number of likely N-dealkylation sites (N-methyl/N-ethyl adjacent to an activating group) is 1. The van der Waals surface area contributed by atoms with E-state index < -0.39 is 36.4 Å². The number of carbonyl (C=O) groups excluding carboxylic acids is 2. The number of amides is 2. The molecule has 3 rings (SSSR count). The zero-order valence-electron chi connectivity index (χ0n) is 18.4. The molecule has 0 unspecified atom stereocenters. The maximum Gasteiger partial charge on any atom is 0.252 e. The number of aliphatic hydroxyl groups excluding tert-OH is 3. The molecule has 0 saturated carbocycles. The molecule has 1 aliphatic rings. The monoisotopic (exact) mass is 472 g/mol. The lowest BCUT2D eigenvalue weighted by Crippen LogP contribution is -2.56. The largest absolute Gasteiger partial charge is 0.387 e. The highest BCUT2D eigenvalue weighted by atomic mass is 32.2. The number of para-hydroxylation sites is 1. The van der Waals surface area contributed by atoms with Gasteiger partial charge in [-0.3, -0.25) is 9.59 Å². The fraction of sp³-hybridized carbons (Fsp3) is 0.333. The number of hydrogen-bond acceptors (Lipinski definition) is 7. The van der Waals surface area contributed by atoms with E-state index in [2.05, 4.69) is 5.32 Å². The van der Waals surface area contributed by atoms with Gasteiger partial charge in [0.05, 0.1) is 5.69 Å². The van der Waals surface area contributed by atoms with Crippen molar-refractivity contribution in [1.82, 2.24) is 5.32 Å². The first-order chi connectivity index (χ1) is 15.8. The molecule has 0 radical (unpaired) electrons. The Morgan fingerprint density at radius 2 is 1.79 bits per heavy atom. The minimum absolute atomic E-state index is 0.295. The number of anilines is 1. The van der Waals surface area contributed by atoms with Gasteiger partial charge >= 0.3 is 0 Å². The standard InChI is InChI=1S/C24H28N2O6S/c1-26-17-10-6-7-11-19(17)33-14-16(24(26)31)25-23(30)22(32-2)21(29)20(28)18(27)13-12-15-8-4-3-5-9-15/h3-13,16,18,20-22,27-29H,14H2,1-2H3,(H,25,30)/b13-12+/t16-,18+,20-,21+,22+/m0/s1. The van der Waals surface area contributed by atoms with Crippen molar-refractivity contribution in [1.29, 1.82) is 0 Å². The van der Waals surface area contributed by atoms with Crippen molar-refractivity contribution in [3.8, 4) is 0 Å². The molecule has 0 bridgehead atoms. The Morgan fingerprint density at radius 1 is 1.12 bits per heavy atom. The van der Waals surface area contributed by atoms with Crippen molar-refractivity contribution < 1.29 is 29.6 Å². The third kappa shape index (κ3) is 6.01. The molecule has 2 amide bonds. The number of rotatable bonds is 8. The molecule has 0 aromatic heterocycles. The van der Waals surface area contributed by atoms with Crippen molar-refractivity contribution in [2.45, 2.75) is 35.4 Å². The minimum atomic E-state index is -1.73. The Kier molecular flexibility index (Phi) is 8.65. The van der Waals surface area contributed by atoms with Gasteiger partial charge in [0, 0.05) is 24.8 Å². The van der Waals surface area contributed by atoms with Crippen molar-refractivity contribution >= 4 is 35.3 Å². The highest BCUT2D eigenvalue weighted by molar-refractivity contribution is 7.99. The highest BCUT2D eigenvalue weighted by Gasteiger charge is 2.38. The number of thioether (sulfide) groups is 1. The van der Waals surface area contributed by atoms with Gasteiger partial charge in [-0.1, -0.05) is 54.6 Å². The predicted molar refractivity (Wildman–Crippen MR) is 127 cm³/mol. The molecule has 1 aliphatic heterocycles. The Labute approximate surface area is 196 Å². The van der Waals surface area contributed by atoms with Crippen molar-refractivity contribution in [2.75, 3.05) is 24.8 Å². The van der Waals surface area contributed by atoms with Gasteiger partial charge in [-0.2, -0.15) is 0 Å². The van der Waals surface area contributed by atoms with Crippen molar-refractivity contribution in [3.05, 3.63) is 66.2 Å². The van der Waals surface area contributed by atoms with Gasteiger partial charge in [-0.15, -0.1) is 11.8 Å². The summed E-state index contributed by atoms with van der Waals surface area (Å²) in [5, 5.41) is 33.8. The molecule has 5 atom stereocenters. The Hall–Kier alpha value is -2.69. The number of aliphatic hydroxyl groups is 3. The second kappa shape index (κ2) is 11.4. The lowest BCUT2D eigenvalue weighted by molar-refractivity contribution is -0.150. The molecule has 33 heavy (non-hydrogen) atoms. The molecule has 4 N–H and O–H groups in total. The second-order valence-electron chi connectivity index (χ2n) is 7.64. The van der Waals surface area contributed by atoms with E-state index in [-0.39, 0.29) is 5.91 Å². The number of carbonyl (C=O) groups is 2. The quantitative estimate of drug-likeness (QED) is 0.453. The fourth-order valence-corrected chi connectivity index (χ4v) is 4.58. The van der Waals surface area contributed by atoms with E-state index in [4.69, 9.17) is 4.74 Å². The number of ether oxygens (including phenoxy) is 1. The second-order valence-corrected chi connectivity index (χ2v) is 8.70. The van der Waals surface area contributed by atoms with Crippen LogP contribution in [0.4, 0.5) is 5.69 Å². The predicted octanol–water partition coefficient (Wildman–Crippen LogP) is 1.05. The van der Waals surface area contributed by atoms with E-state index >= 15 is 0 Å². The van der Waals surface area contributed by atoms with E-state index in [9.17, 15) is 24.9 Å². The number of hydrogen-bond donors (Lipinski definition) is 4. The van der Waals surface area contributed by atoms with Gasteiger partial charge < -0.3 is 30.3 Å². The summed E-state index contributed by atoms with van der Waals surface area (Å²) in [7, 11) is 2.84. The van der Waals surface area contributed by atoms with E-state index in [1.807, 2.05) is 54.6 Å². The molecule has 0 fully saturated rings. The number of benzene rings is 2. The van der Waals surface area contributed by atoms with E-state index in [0.717, 1.165) is 16.1 Å². The first-order valence-corrected chi connectivity index (χ1v) is 11.4. The number of methoxy groups -OCH3 is 1. The molecule has 0 saturated heterocycles. The normalized spacial score (nSPS) is 20.0. The molecule has 2 aromatic rings. The smallest absolute Gasteiger partial charge is 0.252 e. The van der Waals surface area contributed by atoms with E-state index in [1.54, 1.807) is 13.1 Å². The van der Waals surface area contributed by atoms with Crippen LogP contribution in [-0.4, -0.2) is 77.5 Å². The maximum atomic E-state index is 12.9.